The highest BCUT2D eigenvalue weighted by Gasteiger charge is 2.51. The molecule has 0 N–H and O–H groups in total. The number of benzene rings is 2. The Kier molecular flexibility index (Phi) is 4.87. The van der Waals surface area contributed by atoms with Gasteiger partial charge < -0.3 is 14.2 Å². The van der Waals surface area contributed by atoms with Gasteiger partial charge in [-0.3, -0.25) is 4.98 Å². The van der Waals surface area contributed by atoms with Crippen molar-refractivity contribution in [1.82, 2.24) is 9.97 Å². The molecule has 5 nitrogen and oxygen atoms in total. The van der Waals surface area contributed by atoms with E-state index in [1.165, 1.54) is 5.56 Å². The Hall–Kier alpha value is -2.44. The van der Waals surface area contributed by atoms with Crippen molar-refractivity contribution in [2.75, 3.05) is 11.9 Å². The molecule has 1 aromatic heterocycles. The molecule has 6 heteroatoms. The van der Waals surface area contributed by atoms with Crippen molar-refractivity contribution in [2.24, 2.45) is 0 Å². The average molecular weight is 389 g/mol. The summed E-state index contributed by atoms with van der Waals surface area (Å²) in [4.78, 5) is 11.6. The van der Waals surface area contributed by atoms with Crippen LogP contribution in [0.5, 0.6) is 0 Å². The Morgan fingerprint density at radius 2 is 1.59 bits per heavy atom. The molecule has 1 fully saturated rings. The van der Waals surface area contributed by atoms with Gasteiger partial charge in [-0.25, -0.2) is 4.98 Å². The lowest BCUT2D eigenvalue weighted by atomic mass is 9.79. The largest absolute Gasteiger partial charge is 0.494 e. The molecule has 0 unspecified atom stereocenters. The fourth-order valence-electron chi connectivity index (χ4n) is 3.47. The minimum absolute atomic E-state index is 0.201. The van der Waals surface area contributed by atoms with Gasteiger partial charge in [-0.05, 0) is 57.8 Å². The summed E-state index contributed by atoms with van der Waals surface area (Å²) in [5.41, 5.74) is 3.17. The van der Waals surface area contributed by atoms with Gasteiger partial charge in [0, 0.05) is 7.05 Å². The van der Waals surface area contributed by atoms with E-state index in [2.05, 4.69) is 68.8 Å². The summed E-state index contributed by atoms with van der Waals surface area (Å²) in [6.07, 6.45) is 1.83. The highest BCUT2D eigenvalue weighted by molar-refractivity contribution is 6.62. The average Bonchev–Trinajstić information content (AvgIpc) is 2.94. The zero-order chi connectivity index (χ0) is 20.8. The summed E-state index contributed by atoms with van der Waals surface area (Å²) in [6, 6.07) is 16.6. The molecule has 2 heterocycles. The zero-order valence-corrected chi connectivity index (χ0v) is 18.0. The van der Waals surface area contributed by atoms with E-state index in [9.17, 15) is 0 Å². The molecule has 2 aromatic carbocycles. The van der Waals surface area contributed by atoms with Crippen LogP contribution in [-0.2, 0) is 9.31 Å². The molecule has 3 aromatic rings. The molecule has 150 valence electrons. The second kappa shape index (κ2) is 7.11. The van der Waals surface area contributed by atoms with Crippen LogP contribution < -0.4 is 10.4 Å². The number of anilines is 1. The van der Waals surface area contributed by atoms with Crippen LogP contribution in [0.3, 0.4) is 0 Å². The minimum atomic E-state index is -0.397. The summed E-state index contributed by atoms with van der Waals surface area (Å²) in [5.74, 6) is 0.845. The van der Waals surface area contributed by atoms with Gasteiger partial charge in [0.15, 0.2) is 0 Å². The van der Waals surface area contributed by atoms with E-state index in [1.807, 2.05) is 37.5 Å². The van der Waals surface area contributed by atoms with E-state index in [0.29, 0.717) is 0 Å². The summed E-state index contributed by atoms with van der Waals surface area (Å²) in [7, 11) is 1.65. The standard InChI is InChI=1S/C23H28BN3O2/c1-16(17-10-8-7-9-11-17)27(6)21-15-25-20-14-18(12-13-19(20)26-21)24-28-22(2,3)23(4,5)29-24/h7-16H,1-6H3/t16-/m1/s1. The van der Waals surface area contributed by atoms with Gasteiger partial charge in [-0.15, -0.1) is 0 Å². The predicted octanol–water partition coefficient (Wildman–Crippen LogP) is 4.13. The quantitative estimate of drug-likeness (QED) is 0.628. The van der Waals surface area contributed by atoms with Crippen molar-refractivity contribution in [2.45, 2.75) is 51.9 Å². The molecule has 0 bridgehead atoms. The first-order chi connectivity index (χ1) is 13.7. The Bertz CT molecular complexity index is 1010. The first-order valence-corrected chi connectivity index (χ1v) is 10.1. The van der Waals surface area contributed by atoms with Crippen molar-refractivity contribution in [1.29, 1.82) is 0 Å². The van der Waals surface area contributed by atoms with E-state index in [4.69, 9.17) is 14.3 Å². The molecule has 0 saturated carbocycles. The van der Waals surface area contributed by atoms with E-state index in [1.54, 1.807) is 0 Å². The first-order valence-electron chi connectivity index (χ1n) is 10.1. The molecular weight excluding hydrogens is 361 g/mol. The third-order valence-corrected chi connectivity index (χ3v) is 6.30. The summed E-state index contributed by atoms with van der Waals surface area (Å²) >= 11 is 0. The van der Waals surface area contributed by atoms with Crippen molar-refractivity contribution < 1.29 is 9.31 Å². The van der Waals surface area contributed by atoms with Gasteiger partial charge in [0.2, 0.25) is 0 Å². The van der Waals surface area contributed by atoms with Gasteiger partial charge in [0.05, 0.1) is 34.5 Å². The van der Waals surface area contributed by atoms with Crippen LogP contribution >= 0.6 is 0 Å². The molecular formula is C23H28BN3O2. The number of hydrogen-bond donors (Lipinski definition) is 0. The van der Waals surface area contributed by atoms with Crippen molar-refractivity contribution in [3.05, 3.63) is 60.3 Å². The Morgan fingerprint density at radius 3 is 2.24 bits per heavy atom. The topological polar surface area (TPSA) is 47.5 Å². The fourth-order valence-corrected chi connectivity index (χ4v) is 3.47. The normalized spacial score (nSPS) is 18.8. The number of hydrogen-bond acceptors (Lipinski definition) is 5. The molecule has 1 aliphatic rings. The molecule has 1 atom stereocenters. The third-order valence-electron chi connectivity index (χ3n) is 6.30. The SMILES string of the molecule is C[C@H](c1ccccc1)N(C)c1cnc2cc(B3OC(C)(C)C(C)(C)O3)ccc2n1. The number of rotatable bonds is 4. The summed E-state index contributed by atoms with van der Waals surface area (Å²) in [6.45, 7) is 10.4. The lowest BCUT2D eigenvalue weighted by Gasteiger charge is -2.32. The van der Waals surface area contributed by atoms with Crippen LogP contribution in [0.2, 0.25) is 0 Å². The van der Waals surface area contributed by atoms with Crippen LogP contribution in [0.1, 0.15) is 46.2 Å². The highest BCUT2D eigenvalue weighted by Crippen LogP contribution is 2.36. The molecule has 29 heavy (non-hydrogen) atoms. The second-order valence-electron chi connectivity index (χ2n) is 8.76. The highest BCUT2D eigenvalue weighted by atomic mass is 16.7. The third kappa shape index (κ3) is 3.63. The molecule has 1 aliphatic heterocycles. The smallest absolute Gasteiger partial charge is 0.399 e. The lowest BCUT2D eigenvalue weighted by molar-refractivity contribution is 0.00578. The van der Waals surface area contributed by atoms with E-state index >= 15 is 0 Å². The summed E-state index contributed by atoms with van der Waals surface area (Å²) in [5, 5.41) is 0. The van der Waals surface area contributed by atoms with E-state index in [0.717, 1.165) is 22.3 Å². The maximum atomic E-state index is 6.16. The maximum absolute atomic E-state index is 6.16. The molecule has 0 spiro atoms. The second-order valence-corrected chi connectivity index (χ2v) is 8.76. The molecule has 4 rings (SSSR count). The van der Waals surface area contributed by atoms with Crippen LogP contribution in [0.25, 0.3) is 11.0 Å². The van der Waals surface area contributed by atoms with Gasteiger partial charge in [0.25, 0.3) is 0 Å². The number of nitrogens with zero attached hydrogens (tertiary/aromatic N) is 3. The van der Waals surface area contributed by atoms with E-state index in [-0.39, 0.29) is 17.2 Å². The van der Waals surface area contributed by atoms with Crippen LogP contribution in [-0.4, -0.2) is 35.3 Å². The molecule has 0 radical (unpaired) electrons. The van der Waals surface area contributed by atoms with E-state index < -0.39 is 7.12 Å². The molecule has 0 aliphatic carbocycles. The van der Waals surface area contributed by atoms with Gasteiger partial charge in [-0.1, -0.05) is 36.4 Å². The first kappa shape index (κ1) is 19.9. The lowest BCUT2D eigenvalue weighted by Crippen LogP contribution is -2.41. The molecule has 0 amide bonds. The Balaban J connectivity index is 1.59. The Labute approximate surface area is 173 Å². The maximum Gasteiger partial charge on any atom is 0.494 e. The van der Waals surface area contributed by atoms with Gasteiger partial charge >= 0.3 is 7.12 Å². The number of aromatic nitrogens is 2. The van der Waals surface area contributed by atoms with Crippen molar-refractivity contribution >= 4 is 29.4 Å². The van der Waals surface area contributed by atoms with Crippen LogP contribution in [0, 0.1) is 0 Å². The van der Waals surface area contributed by atoms with Gasteiger partial charge in [-0.2, -0.15) is 0 Å². The van der Waals surface area contributed by atoms with Crippen molar-refractivity contribution in [3.63, 3.8) is 0 Å². The van der Waals surface area contributed by atoms with Crippen molar-refractivity contribution in [3.8, 4) is 0 Å². The predicted molar refractivity (Wildman–Crippen MR) is 119 cm³/mol. The summed E-state index contributed by atoms with van der Waals surface area (Å²) < 4.78 is 12.3. The fraction of sp³-hybridized carbons (Fsp3) is 0.391. The number of fused-ring (bicyclic) bond motifs is 1. The molecule has 1 saturated heterocycles. The van der Waals surface area contributed by atoms with Gasteiger partial charge in [0.1, 0.15) is 5.82 Å². The zero-order valence-electron chi connectivity index (χ0n) is 18.0. The van der Waals surface area contributed by atoms with Crippen LogP contribution in [0.4, 0.5) is 5.82 Å². The Morgan fingerprint density at radius 1 is 0.931 bits per heavy atom. The minimum Gasteiger partial charge on any atom is -0.399 e. The van der Waals surface area contributed by atoms with Crippen LogP contribution in [0.15, 0.2) is 54.7 Å². The monoisotopic (exact) mass is 389 g/mol.